The van der Waals surface area contributed by atoms with E-state index in [0.717, 1.165) is 28.3 Å². The number of ether oxygens (including phenoxy) is 5. The molecule has 0 aliphatic carbocycles. The van der Waals surface area contributed by atoms with Crippen LogP contribution in [0.2, 0.25) is 0 Å². The van der Waals surface area contributed by atoms with Gasteiger partial charge >= 0.3 is 0 Å². The van der Waals surface area contributed by atoms with Crippen molar-refractivity contribution in [3.8, 4) is 28.7 Å². The fraction of sp³-hybridized carbons (Fsp3) is 0.280. The van der Waals surface area contributed by atoms with E-state index in [2.05, 4.69) is 23.8 Å². The minimum Gasteiger partial charge on any atom is -0.493 e. The molecule has 0 aromatic heterocycles. The van der Waals surface area contributed by atoms with Gasteiger partial charge in [0.2, 0.25) is 6.79 Å². The third-order valence-electron chi connectivity index (χ3n) is 6.00. The van der Waals surface area contributed by atoms with Gasteiger partial charge in [-0.05, 0) is 24.3 Å². The van der Waals surface area contributed by atoms with Crippen molar-refractivity contribution in [2.45, 2.75) is 19.1 Å². The zero-order valence-electron chi connectivity index (χ0n) is 18.3. The van der Waals surface area contributed by atoms with Crippen molar-refractivity contribution < 1.29 is 23.7 Å². The van der Waals surface area contributed by atoms with E-state index in [1.807, 2.05) is 54.6 Å². The highest BCUT2D eigenvalue weighted by Crippen LogP contribution is 2.51. The summed E-state index contributed by atoms with van der Waals surface area (Å²) < 4.78 is 29.0. The van der Waals surface area contributed by atoms with Crippen LogP contribution in [0, 0.1) is 5.92 Å². The molecule has 0 radical (unpaired) electrons. The van der Waals surface area contributed by atoms with Crippen molar-refractivity contribution >= 4 is 5.69 Å². The molecule has 3 aromatic rings. The summed E-state index contributed by atoms with van der Waals surface area (Å²) in [5.41, 5.74) is 9.61. The van der Waals surface area contributed by atoms with Crippen molar-refractivity contribution in [3.05, 3.63) is 71.8 Å². The molecule has 3 aromatic carbocycles. The molecular weight excluding hydrogens is 408 g/mol. The first kappa shape index (κ1) is 20.3. The van der Waals surface area contributed by atoms with E-state index in [1.54, 1.807) is 14.2 Å². The van der Waals surface area contributed by atoms with Crippen LogP contribution in [0.4, 0.5) is 5.69 Å². The summed E-state index contributed by atoms with van der Waals surface area (Å²) in [5, 5.41) is 0. The van der Waals surface area contributed by atoms with Gasteiger partial charge in [0.25, 0.3) is 0 Å². The normalized spacial score (nSPS) is 20.8. The zero-order chi connectivity index (χ0) is 22.1. The van der Waals surface area contributed by atoms with Gasteiger partial charge in [-0.25, -0.2) is 0 Å². The molecule has 32 heavy (non-hydrogen) atoms. The molecule has 0 bridgehead atoms. The monoisotopic (exact) mass is 434 g/mol. The van der Waals surface area contributed by atoms with Crippen LogP contribution in [0.25, 0.3) is 0 Å². The van der Waals surface area contributed by atoms with Crippen LogP contribution < -0.4 is 34.5 Å². The van der Waals surface area contributed by atoms with Crippen molar-refractivity contribution in [2.24, 2.45) is 5.92 Å². The standard InChI is InChI=1S/C25H26N2O5/c1-15-23(17-10-7-11-19(28-2)24(17)29-3)18-12-21-22(31-14-30-21)13-20(18)32-25(15)27-26-16-8-5-4-6-9-16/h4-13,15,23,25-27H,14H2,1-3H3/t15-,23-,25-/m0/s1. The SMILES string of the molecule is COc1cccc([C@H]2c3cc4c(cc3O[C@H](NNc3ccccc3)[C@H]2C)OCO4)c1OC. The van der Waals surface area contributed by atoms with Crippen molar-refractivity contribution in [3.63, 3.8) is 0 Å². The number of hydrogen-bond donors (Lipinski definition) is 2. The summed E-state index contributed by atoms with van der Waals surface area (Å²) in [4.78, 5) is 0. The van der Waals surface area contributed by atoms with E-state index < -0.39 is 0 Å². The number of hydrogen-bond acceptors (Lipinski definition) is 7. The van der Waals surface area contributed by atoms with Crippen molar-refractivity contribution in [1.82, 2.24) is 5.43 Å². The fourth-order valence-electron chi connectivity index (χ4n) is 4.43. The fourth-order valence-corrected chi connectivity index (χ4v) is 4.43. The molecule has 0 spiro atoms. The molecular formula is C25H26N2O5. The summed E-state index contributed by atoms with van der Waals surface area (Å²) in [7, 11) is 3.31. The van der Waals surface area contributed by atoms with E-state index in [0.29, 0.717) is 17.2 Å². The zero-order valence-corrected chi connectivity index (χ0v) is 18.3. The topological polar surface area (TPSA) is 70.2 Å². The Bertz CT molecular complexity index is 1100. The lowest BCUT2D eigenvalue weighted by atomic mass is 9.78. The Morgan fingerprint density at radius 2 is 1.62 bits per heavy atom. The maximum atomic E-state index is 6.39. The predicted molar refractivity (Wildman–Crippen MR) is 121 cm³/mol. The number of anilines is 1. The summed E-state index contributed by atoms with van der Waals surface area (Å²) in [5.74, 6) is 3.57. The first-order chi connectivity index (χ1) is 15.7. The second-order valence-electron chi connectivity index (χ2n) is 7.84. The summed E-state index contributed by atoms with van der Waals surface area (Å²) in [6.45, 7) is 2.36. The molecule has 2 aliphatic rings. The first-order valence-corrected chi connectivity index (χ1v) is 10.6. The smallest absolute Gasteiger partial charge is 0.231 e. The molecule has 2 aliphatic heterocycles. The number of rotatable bonds is 6. The Morgan fingerprint density at radius 3 is 2.38 bits per heavy atom. The van der Waals surface area contributed by atoms with Crippen LogP contribution in [0.5, 0.6) is 28.7 Å². The van der Waals surface area contributed by atoms with E-state index in [-0.39, 0.29) is 24.9 Å². The van der Waals surface area contributed by atoms with Crippen LogP contribution in [0.1, 0.15) is 24.0 Å². The van der Waals surface area contributed by atoms with Gasteiger partial charge in [-0.1, -0.05) is 37.3 Å². The quantitative estimate of drug-likeness (QED) is 0.552. The highest BCUT2D eigenvalue weighted by Gasteiger charge is 2.40. The van der Waals surface area contributed by atoms with Crippen LogP contribution in [-0.2, 0) is 0 Å². The number of hydrazine groups is 1. The Kier molecular flexibility index (Phi) is 5.41. The Labute approximate surface area is 187 Å². The minimum absolute atomic E-state index is 0.0339. The Hall–Kier alpha value is -3.58. The van der Waals surface area contributed by atoms with Gasteiger partial charge in [0.05, 0.1) is 14.2 Å². The van der Waals surface area contributed by atoms with Crippen molar-refractivity contribution in [1.29, 1.82) is 0 Å². The number of nitrogens with one attached hydrogen (secondary N) is 2. The lowest BCUT2D eigenvalue weighted by Crippen LogP contribution is -2.47. The van der Waals surface area contributed by atoms with Gasteiger partial charge in [-0.15, -0.1) is 0 Å². The minimum atomic E-state index is -0.316. The lowest BCUT2D eigenvalue weighted by Gasteiger charge is -2.39. The van der Waals surface area contributed by atoms with E-state index >= 15 is 0 Å². The molecule has 0 fully saturated rings. The third kappa shape index (κ3) is 3.54. The predicted octanol–water partition coefficient (Wildman–Crippen LogP) is 4.54. The second-order valence-corrected chi connectivity index (χ2v) is 7.84. The highest BCUT2D eigenvalue weighted by atomic mass is 16.7. The average molecular weight is 434 g/mol. The van der Waals surface area contributed by atoms with Gasteiger partial charge in [0.1, 0.15) is 5.75 Å². The van der Waals surface area contributed by atoms with Crippen LogP contribution >= 0.6 is 0 Å². The van der Waals surface area contributed by atoms with E-state index in [9.17, 15) is 0 Å². The van der Waals surface area contributed by atoms with Gasteiger partial charge in [0.15, 0.2) is 29.2 Å². The van der Waals surface area contributed by atoms with Gasteiger partial charge in [0, 0.05) is 34.7 Å². The van der Waals surface area contributed by atoms with Crippen LogP contribution in [0.3, 0.4) is 0 Å². The molecule has 5 rings (SSSR count). The summed E-state index contributed by atoms with van der Waals surface area (Å²) in [6, 6.07) is 19.8. The third-order valence-corrected chi connectivity index (χ3v) is 6.00. The molecule has 2 heterocycles. The molecule has 0 saturated heterocycles. The number of benzene rings is 3. The molecule has 2 N–H and O–H groups in total. The van der Waals surface area contributed by atoms with E-state index in [1.165, 1.54) is 0 Å². The number of fused-ring (bicyclic) bond motifs is 2. The van der Waals surface area contributed by atoms with Gasteiger partial charge < -0.3 is 29.1 Å². The molecule has 3 atom stereocenters. The Balaban J connectivity index is 1.57. The number of methoxy groups -OCH3 is 2. The summed E-state index contributed by atoms with van der Waals surface area (Å²) >= 11 is 0. The second kappa shape index (κ2) is 8.51. The van der Waals surface area contributed by atoms with Crippen LogP contribution in [-0.4, -0.2) is 27.2 Å². The molecule has 7 nitrogen and oxygen atoms in total. The molecule has 7 heteroatoms. The maximum absolute atomic E-state index is 6.39. The van der Waals surface area contributed by atoms with Crippen molar-refractivity contribution in [2.75, 3.05) is 26.4 Å². The van der Waals surface area contributed by atoms with Gasteiger partial charge in [-0.3, -0.25) is 0 Å². The molecule has 166 valence electrons. The largest absolute Gasteiger partial charge is 0.493 e. The molecule has 0 unspecified atom stereocenters. The van der Waals surface area contributed by atoms with E-state index in [4.69, 9.17) is 23.7 Å². The summed E-state index contributed by atoms with van der Waals surface area (Å²) in [6.07, 6.45) is -0.316. The molecule has 0 amide bonds. The van der Waals surface area contributed by atoms with Gasteiger partial charge in [-0.2, -0.15) is 5.43 Å². The average Bonchev–Trinajstić information content (AvgIpc) is 3.29. The number of para-hydroxylation sites is 2. The Morgan fingerprint density at radius 1 is 0.844 bits per heavy atom. The highest BCUT2D eigenvalue weighted by molar-refractivity contribution is 5.59. The van der Waals surface area contributed by atoms with Crippen LogP contribution in [0.15, 0.2) is 60.7 Å². The molecule has 0 saturated carbocycles. The first-order valence-electron chi connectivity index (χ1n) is 10.6. The lowest BCUT2D eigenvalue weighted by molar-refractivity contribution is 0.0857. The maximum Gasteiger partial charge on any atom is 0.231 e.